The highest BCUT2D eigenvalue weighted by atomic mass is 32.1. The molecule has 3 N–H and O–H groups in total. The molecule has 0 aliphatic carbocycles. The van der Waals surface area contributed by atoms with Crippen LogP contribution in [0.25, 0.3) is 0 Å². The first-order valence-electron chi connectivity index (χ1n) is 6.46. The zero-order chi connectivity index (χ0) is 14.0. The average Bonchev–Trinajstić information content (AvgIpc) is 2.75. The first kappa shape index (κ1) is 14.2. The van der Waals surface area contributed by atoms with Crippen LogP contribution in [-0.4, -0.2) is 4.98 Å². The Morgan fingerprint density at radius 1 is 1.21 bits per heavy atom. The highest BCUT2D eigenvalue weighted by molar-refractivity contribution is 7.09. The Kier molecular flexibility index (Phi) is 4.34. The number of benzene rings is 1. The molecule has 4 heteroatoms. The van der Waals surface area contributed by atoms with Crippen molar-refractivity contribution < 1.29 is 0 Å². The van der Waals surface area contributed by atoms with E-state index in [9.17, 15) is 0 Å². The van der Waals surface area contributed by atoms with Crippen LogP contribution >= 0.6 is 11.3 Å². The number of rotatable bonds is 4. The maximum Gasteiger partial charge on any atom is 0.0898 e. The number of aromatic nitrogens is 1. The average molecular weight is 275 g/mol. The van der Waals surface area contributed by atoms with E-state index in [1.165, 1.54) is 22.3 Å². The van der Waals surface area contributed by atoms with Crippen LogP contribution in [0.2, 0.25) is 0 Å². The quantitative estimate of drug-likeness (QED) is 0.666. The molecule has 1 aromatic carbocycles. The van der Waals surface area contributed by atoms with Crippen molar-refractivity contribution in [3.8, 4) is 0 Å². The third-order valence-corrected chi connectivity index (χ3v) is 4.24. The summed E-state index contributed by atoms with van der Waals surface area (Å²) in [6.45, 7) is 8.47. The minimum atomic E-state index is 0.0741. The van der Waals surface area contributed by atoms with Gasteiger partial charge >= 0.3 is 0 Å². The van der Waals surface area contributed by atoms with E-state index < -0.39 is 0 Å². The van der Waals surface area contributed by atoms with E-state index in [2.05, 4.69) is 48.7 Å². The molecular weight excluding hydrogens is 254 g/mol. The van der Waals surface area contributed by atoms with Crippen LogP contribution in [0.5, 0.6) is 0 Å². The molecule has 1 atom stereocenters. The van der Waals surface area contributed by atoms with Crippen LogP contribution in [0.15, 0.2) is 17.5 Å². The Balaban J connectivity index is 2.28. The molecular formula is C15H21N3S. The summed E-state index contributed by atoms with van der Waals surface area (Å²) in [5.74, 6) is 5.71. The van der Waals surface area contributed by atoms with Gasteiger partial charge in [-0.3, -0.25) is 11.3 Å². The van der Waals surface area contributed by atoms with Gasteiger partial charge in [0, 0.05) is 5.38 Å². The SMILES string of the molecule is Cc1cc(C)c(CC(NN)c2csc(C)n2)c(C)c1. The van der Waals surface area contributed by atoms with Crippen molar-refractivity contribution in [1.29, 1.82) is 0 Å². The van der Waals surface area contributed by atoms with E-state index in [0.717, 1.165) is 17.1 Å². The fourth-order valence-electron chi connectivity index (χ4n) is 2.53. The van der Waals surface area contributed by atoms with E-state index in [1.807, 2.05) is 6.92 Å². The summed E-state index contributed by atoms with van der Waals surface area (Å²) in [6.07, 6.45) is 0.873. The summed E-state index contributed by atoms with van der Waals surface area (Å²) in [5, 5.41) is 3.16. The van der Waals surface area contributed by atoms with Crippen LogP contribution in [0.1, 0.15) is 39.0 Å². The van der Waals surface area contributed by atoms with Crippen LogP contribution in [0, 0.1) is 27.7 Å². The van der Waals surface area contributed by atoms with Crippen molar-refractivity contribution in [2.75, 3.05) is 0 Å². The van der Waals surface area contributed by atoms with Gasteiger partial charge in [-0.2, -0.15) is 0 Å². The van der Waals surface area contributed by atoms with Gasteiger partial charge < -0.3 is 0 Å². The van der Waals surface area contributed by atoms with Gasteiger partial charge in [-0.05, 0) is 50.8 Å². The molecule has 0 fully saturated rings. The third-order valence-electron chi connectivity index (χ3n) is 3.44. The Morgan fingerprint density at radius 3 is 2.32 bits per heavy atom. The Hall–Kier alpha value is -1.23. The van der Waals surface area contributed by atoms with Gasteiger partial charge in [-0.1, -0.05) is 17.7 Å². The summed E-state index contributed by atoms with van der Waals surface area (Å²) in [6, 6.07) is 4.52. The minimum absolute atomic E-state index is 0.0741. The lowest BCUT2D eigenvalue weighted by Gasteiger charge is -2.18. The zero-order valence-corrected chi connectivity index (χ0v) is 12.8. The van der Waals surface area contributed by atoms with Gasteiger partial charge in [0.2, 0.25) is 0 Å². The fraction of sp³-hybridized carbons (Fsp3) is 0.400. The Labute approximate surface area is 118 Å². The van der Waals surface area contributed by atoms with Gasteiger partial charge in [0.25, 0.3) is 0 Å². The number of thiazole rings is 1. The number of nitrogens with two attached hydrogens (primary N) is 1. The van der Waals surface area contributed by atoms with Crippen molar-refractivity contribution in [1.82, 2.24) is 10.4 Å². The van der Waals surface area contributed by atoms with Crippen LogP contribution in [0.4, 0.5) is 0 Å². The highest BCUT2D eigenvalue weighted by Gasteiger charge is 2.16. The summed E-state index contributed by atoms with van der Waals surface area (Å²) < 4.78 is 0. The normalized spacial score (nSPS) is 12.7. The molecule has 0 saturated carbocycles. The molecule has 102 valence electrons. The maximum absolute atomic E-state index is 5.71. The molecule has 0 bridgehead atoms. The van der Waals surface area contributed by atoms with Crippen molar-refractivity contribution >= 4 is 11.3 Å². The first-order chi connectivity index (χ1) is 9.01. The monoisotopic (exact) mass is 275 g/mol. The molecule has 1 aromatic heterocycles. The smallest absolute Gasteiger partial charge is 0.0898 e. The van der Waals surface area contributed by atoms with E-state index in [0.29, 0.717) is 0 Å². The predicted octanol–water partition coefficient (Wildman–Crippen LogP) is 3.12. The van der Waals surface area contributed by atoms with Gasteiger partial charge in [0.1, 0.15) is 0 Å². The number of nitrogens with one attached hydrogen (secondary N) is 1. The van der Waals surface area contributed by atoms with Crippen LogP contribution in [0.3, 0.4) is 0 Å². The lowest BCUT2D eigenvalue weighted by Crippen LogP contribution is -2.30. The Bertz CT molecular complexity index is 552. The molecule has 0 amide bonds. The largest absolute Gasteiger partial charge is 0.271 e. The molecule has 2 rings (SSSR count). The molecule has 1 unspecified atom stereocenters. The molecule has 0 spiro atoms. The molecule has 1 heterocycles. The third kappa shape index (κ3) is 3.21. The van der Waals surface area contributed by atoms with Crippen molar-refractivity contribution in [3.05, 3.63) is 50.5 Å². The van der Waals surface area contributed by atoms with Crippen LogP contribution in [-0.2, 0) is 6.42 Å². The lowest BCUT2D eigenvalue weighted by atomic mass is 9.94. The van der Waals surface area contributed by atoms with Crippen molar-refractivity contribution in [2.24, 2.45) is 5.84 Å². The maximum atomic E-state index is 5.71. The number of hydrogen-bond donors (Lipinski definition) is 2. The van der Waals surface area contributed by atoms with E-state index in [-0.39, 0.29) is 6.04 Å². The predicted molar refractivity (Wildman–Crippen MR) is 81.3 cm³/mol. The number of hydrazine groups is 1. The molecule has 0 saturated heterocycles. The number of nitrogens with zero attached hydrogens (tertiary/aromatic N) is 1. The second kappa shape index (κ2) is 5.82. The molecule has 0 aliphatic rings. The summed E-state index contributed by atoms with van der Waals surface area (Å²) in [7, 11) is 0. The van der Waals surface area contributed by atoms with Crippen molar-refractivity contribution in [2.45, 2.75) is 40.2 Å². The van der Waals surface area contributed by atoms with Gasteiger partial charge in [0.15, 0.2) is 0 Å². The summed E-state index contributed by atoms with van der Waals surface area (Å²) in [4.78, 5) is 4.53. The summed E-state index contributed by atoms with van der Waals surface area (Å²) in [5.41, 5.74) is 9.24. The molecule has 2 aromatic rings. The summed E-state index contributed by atoms with van der Waals surface area (Å²) >= 11 is 1.66. The van der Waals surface area contributed by atoms with Gasteiger partial charge in [0.05, 0.1) is 16.7 Å². The number of aryl methyl sites for hydroxylation is 4. The van der Waals surface area contributed by atoms with E-state index >= 15 is 0 Å². The van der Waals surface area contributed by atoms with Crippen molar-refractivity contribution in [3.63, 3.8) is 0 Å². The topological polar surface area (TPSA) is 50.9 Å². The highest BCUT2D eigenvalue weighted by Crippen LogP contribution is 2.24. The zero-order valence-electron chi connectivity index (χ0n) is 11.9. The van der Waals surface area contributed by atoms with Gasteiger partial charge in [-0.25, -0.2) is 4.98 Å². The molecule has 3 nitrogen and oxygen atoms in total. The standard InChI is InChI=1S/C15H21N3S/c1-9-5-10(2)13(11(3)6-9)7-14(18-16)15-8-19-12(4)17-15/h5-6,8,14,18H,7,16H2,1-4H3. The van der Waals surface area contributed by atoms with Crippen LogP contribution < -0.4 is 11.3 Å². The second-order valence-corrected chi connectivity index (χ2v) is 6.15. The second-order valence-electron chi connectivity index (χ2n) is 5.09. The lowest BCUT2D eigenvalue weighted by molar-refractivity contribution is 0.538. The minimum Gasteiger partial charge on any atom is -0.271 e. The van der Waals surface area contributed by atoms with Gasteiger partial charge in [-0.15, -0.1) is 11.3 Å². The first-order valence-corrected chi connectivity index (χ1v) is 7.34. The Morgan fingerprint density at radius 2 is 1.84 bits per heavy atom. The number of hydrogen-bond acceptors (Lipinski definition) is 4. The van der Waals surface area contributed by atoms with E-state index in [4.69, 9.17) is 5.84 Å². The fourth-order valence-corrected chi connectivity index (χ4v) is 3.19. The van der Waals surface area contributed by atoms with E-state index in [1.54, 1.807) is 11.3 Å². The molecule has 0 radical (unpaired) electrons. The molecule has 0 aliphatic heterocycles. The molecule has 19 heavy (non-hydrogen) atoms.